The first-order valence-electron chi connectivity index (χ1n) is 7.80. The first-order valence-corrected chi connectivity index (χ1v) is 8.62. The Kier molecular flexibility index (Phi) is 4.17. The maximum absolute atomic E-state index is 11.3. The quantitative estimate of drug-likeness (QED) is 0.677. The number of aliphatic hydroxyl groups is 1. The van der Waals surface area contributed by atoms with Gasteiger partial charge in [0.05, 0.1) is 11.0 Å². The van der Waals surface area contributed by atoms with Gasteiger partial charge in [-0.3, -0.25) is 10.1 Å². The molecular weight excluding hydrogens is 288 g/mol. The Morgan fingerprint density at radius 3 is 2.71 bits per heavy atom. The summed E-state index contributed by atoms with van der Waals surface area (Å²) in [5.74, 6) is 0.684. The lowest BCUT2D eigenvalue weighted by Crippen LogP contribution is -2.34. The highest BCUT2D eigenvalue weighted by Crippen LogP contribution is 2.45. The van der Waals surface area contributed by atoms with Crippen molar-refractivity contribution >= 4 is 22.0 Å². The molecule has 2 heterocycles. The summed E-state index contributed by atoms with van der Waals surface area (Å²) in [5.41, 5.74) is 0.167. The molecule has 21 heavy (non-hydrogen) atoms. The third-order valence-corrected chi connectivity index (χ3v) is 6.16. The number of hydrogen-bond acceptors (Lipinski definition) is 5. The Labute approximate surface area is 128 Å². The summed E-state index contributed by atoms with van der Waals surface area (Å²) in [4.78, 5) is 14.0. The standard InChI is InChI=1S/C15H22N2O3S/c1-10(18)14-9-13(17(19)20)15(21-14)16-8-4-7-12(16)11-5-2-3-6-11/h9-12,18H,2-8H2,1H3/t10-,12?/m1/s1. The molecule has 2 aliphatic rings. The van der Waals surface area contributed by atoms with Gasteiger partial charge in [0.1, 0.15) is 0 Å². The van der Waals surface area contributed by atoms with Crippen LogP contribution in [-0.4, -0.2) is 22.6 Å². The third kappa shape index (κ3) is 2.79. The lowest BCUT2D eigenvalue weighted by atomic mass is 9.96. The Morgan fingerprint density at radius 1 is 1.38 bits per heavy atom. The fourth-order valence-electron chi connectivity index (χ4n) is 3.81. The van der Waals surface area contributed by atoms with Crippen LogP contribution in [0.4, 0.5) is 10.7 Å². The van der Waals surface area contributed by atoms with E-state index in [1.165, 1.54) is 37.0 Å². The van der Waals surface area contributed by atoms with Gasteiger partial charge in [-0.25, -0.2) is 0 Å². The van der Waals surface area contributed by atoms with E-state index in [4.69, 9.17) is 0 Å². The molecule has 1 N–H and O–H groups in total. The van der Waals surface area contributed by atoms with Crippen molar-refractivity contribution in [1.82, 2.24) is 0 Å². The molecule has 5 nitrogen and oxygen atoms in total. The smallest absolute Gasteiger partial charge is 0.304 e. The second-order valence-corrected chi connectivity index (χ2v) is 7.28. The first-order chi connectivity index (χ1) is 10.1. The van der Waals surface area contributed by atoms with Crippen LogP contribution in [0.3, 0.4) is 0 Å². The van der Waals surface area contributed by atoms with Gasteiger partial charge in [0.2, 0.25) is 0 Å². The van der Waals surface area contributed by atoms with E-state index in [2.05, 4.69) is 4.90 Å². The van der Waals surface area contributed by atoms with Crippen LogP contribution in [0.1, 0.15) is 56.4 Å². The van der Waals surface area contributed by atoms with Gasteiger partial charge in [-0.05, 0) is 38.5 Å². The Hall–Kier alpha value is -1.14. The van der Waals surface area contributed by atoms with Crippen LogP contribution in [0.5, 0.6) is 0 Å². The zero-order chi connectivity index (χ0) is 15.0. The topological polar surface area (TPSA) is 66.6 Å². The second-order valence-electron chi connectivity index (χ2n) is 6.22. The minimum absolute atomic E-state index is 0.167. The van der Waals surface area contributed by atoms with Gasteiger partial charge in [0, 0.05) is 23.5 Å². The highest BCUT2D eigenvalue weighted by molar-refractivity contribution is 7.16. The summed E-state index contributed by atoms with van der Waals surface area (Å²) in [6.07, 6.45) is 6.70. The van der Waals surface area contributed by atoms with Crippen LogP contribution < -0.4 is 4.90 Å². The molecule has 1 aliphatic heterocycles. The number of nitrogens with zero attached hydrogens (tertiary/aromatic N) is 2. The molecule has 116 valence electrons. The lowest BCUT2D eigenvalue weighted by molar-refractivity contribution is -0.383. The van der Waals surface area contributed by atoms with E-state index in [0.717, 1.165) is 24.4 Å². The highest BCUT2D eigenvalue weighted by atomic mass is 32.1. The van der Waals surface area contributed by atoms with E-state index in [1.54, 1.807) is 13.0 Å². The molecule has 2 fully saturated rings. The average molecular weight is 310 g/mol. The SMILES string of the molecule is C[C@@H](O)c1cc([N+](=O)[O-])c(N2CCCC2C2CCCC2)s1. The maximum Gasteiger partial charge on any atom is 0.304 e. The molecule has 1 unspecified atom stereocenters. The number of thiophene rings is 1. The maximum atomic E-state index is 11.3. The van der Waals surface area contributed by atoms with Crippen molar-refractivity contribution in [2.24, 2.45) is 5.92 Å². The molecule has 0 amide bonds. The minimum atomic E-state index is -0.644. The van der Waals surface area contributed by atoms with Gasteiger partial charge in [-0.1, -0.05) is 12.8 Å². The normalized spacial score (nSPS) is 24.7. The van der Waals surface area contributed by atoms with Crippen molar-refractivity contribution in [2.75, 3.05) is 11.4 Å². The second kappa shape index (κ2) is 5.93. The molecule has 0 aromatic carbocycles. The van der Waals surface area contributed by atoms with Crippen LogP contribution >= 0.6 is 11.3 Å². The van der Waals surface area contributed by atoms with Crippen LogP contribution in [-0.2, 0) is 0 Å². The summed E-state index contributed by atoms with van der Waals surface area (Å²) < 4.78 is 0. The summed E-state index contributed by atoms with van der Waals surface area (Å²) in [6.45, 7) is 2.57. The number of aliphatic hydroxyl groups excluding tert-OH is 1. The monoisotopic (exact) mass is 310 g/mol. The van der Waals surface area contributed by atoms with E-state index in [9.17, 15) is 15.2 Å². The van der Waals surface area contributed by atoms with E-state index in [1.807, 2.05) is 0 Å². The van der Waals surface area contributed by atoms with Crippen molar-refractivity contribution < 1.29 is 10.0 Å². The molecule has 1 saturated heterocycles. The van der Waals surface area contributed by atoms with Gasteiger partial charge in [0.25, 0.3) is 0 Å². The summed E-state index contributed by atoms with van der Waals surface area (Å²) in [7, 11) is 0. The largest absolute Gasteiger partial charge is 0.388 e. The van der Waals surface area contributed by atoms with Crippen molar-refractivity contribution in [3.8, 4) is 0 Å². The molecule has 2 atom stereocenters. The molecule has 1 aromatic rings. The molecular formula is C15H22N2O3S. The zero-order valence-electron chi connectivity index (χ0n) is 12.3. The van der Waals surface area contributed by atoms with Crippen molar-refractivity contribution in [3.05, 3.63) is 21.1 Å². The van der Waals surface area contributed by atoms with Crippen LogP contribution in [0.25, 0.3) is 0 Å². The van der Waals surface area contributed by atoms with E-state index < -0.39 is 6.10 Å². The zero-order valence-corrected chi connectivity index (χ0v) is 13.1. The first kappa shape index (κ1) is 14.8. The summed E-state index contributed by atoms with van der Waals surface area (Å²) in [6, 6.07) is 2.00. The summed E-state index contributed by atoms with van der Waals surface area (Å²) >= 11 is 1.39. The average Bonchev–Trinajstić information content (AvgIpc) is 3.17. The van der Waals surface area contributed by atoms with E-state index in [-0.39, 0.29) is 10.6 Å². The summed E-state index contributed by atoms with van der Waals surface area (Å²) in [5, 5.41) is 21.8. The Balaban J connectivity index is 1.92. The molecule has 0 bridgehead atoms. The lowest BCUT2D eigenvalue weighted by Gasteiger charge is -2.29. The fraction of sp³-hybridized carbons (Fsp3) is 0.733. The number of nitro groups is 1. The minimum Gasteiger partial charge on any atom is -0.388 e. The molecule has 1 saturated carbocycles. The van der Waals surface area contributed by atoms with Gasteiger partial charge in [-0.15, -0.1) is 11.3 Å². The van der Waals surface area contributed by atoms with E-state index in [0.29, 0.717) is 16.8 Å². The van der Waals surface area contributed by atoms with Crippen LogP contribution in [0, 0.1) is 16.0 Å². The number of hydrogen-bond donors (Lipinski definition) is 1. The van der Waals surface area contributed by atoms with Crippen molar-refractivity contribution in [2.45, 2.75) is 57.6 Å². The Bertz CT molecular complexity index is 523. The van der Waals surface area contributed by atoms with Crippen molar-refractivity contribution in [1.29, 1.82) is 0 Å². The van der Waals surface area contributed by atoms with Gasteiger partial charge in [0.15, 0.2) is 5.00 Å². The fourth-order valence-corrected chi connectivity index (χ4v) is 4.96. The van der Waals surface area contributed by atoms with Gasteiger partial charge < -0.3 is 10.0 Å². The molecule has 3 rings (SSSR count). The third-order valence-electron chi connectivity index (χ3n) is 4.83. The van der Waals surface area contributed by atoms with Crippen LogP contribution in [0.2, 0.25) is 0 Å². The van der Waals surface area contributed by atoms with Gasteiger partial charge in [-0.2, -0.15) is 0 Å². The number of anilines is 1. The molecule has 1 aromatic heterocycles. The Morgan fingerprint density at radius 2 is 2.10 bits per heavy atom. The molecule has 1 aliphatic carbocycles. The number of rotatable bonds is 4. The van der Waals surface area contributed by atoms with Crippen LogP contribution in [0.15, 0.2) is 6.07 Å². The molecule has 0 radical (unpaired) electrons. The molecule has 0 spiro atoms. The predicted octanol–water partition coefficient (Wildman–Crippen LogP) is 3.87. The van der Waals surface area contributed by atoms with Gasteiger partial charge >= 0.3 is 5.69 Å². The van der Waals surface area contributed by atoms with Crippen molar-refractivity contribution in [3.63, 3.8) is 0 Å². The predicted molar refractivity (Wildman–Crippen MR) is 83.9 cm³/mol. The molecule has 6 heteroatoms. The van der Waals surface area contributed by atoms with E-state index >= 15 is 0 Å². The highest BCUT2D eigenvalue weighted by Gasteiger charge is 2.37.